The summed E-state index contributed by atoms with van der Waals surface area (Å²) >= 11 is 1.37. The normalized spacial score (nSPS) is 12.5. The van der Waals surface area contributed by atoms with E-state index < -0.39 is 5.97 Å². The molecule has 0 aliphatic heterocycles. The second-order valence-corrected chi connectivity index (χ2v) is 6.11. The Hall–Kier alpha value is -1.76. The van der Waals surface area contributed by atoms with E-state index in [2.05, 4.69) is 22.0 Å². The zero-order valence-corrected chi connectivity index (χ0v) is 13.3. The summed E-state index contributed by atoms with van der Waals surface area (Å²) in [7, 11) is 0. The average molecular weight is 320 g/mol. The minimum Gasteiger partial charge on any atom is -0.476 e. The topological polar surface area (TPSA) is 73.7 Å². The molecule has 0 saturated carbocycles. The first kappa shape index (κ1) is 16.6. The summed E-state index contributed by atoms with van der Waals surface area (Å²) in [5, 5.41) is 20.6. The summed E-state index contributed by atoms with van der Waals surface area (Å²) < 4.78 is 0. The van der Waals surface area contributed by atoms with E-state index in [4.69, 9.17) is 5.11 Å². The van der Waals surface area contributed by atoms with Crippen LogP contribution in [0.2, 0.25) is 0 Å². The SMILES string of the molecule is CC(CN(CCO)Cc1ccccc1)c1nc(C(=O)O)cs1. The molecule has 0 radical (unpaired) electrons. The molecule has 118 valence electrons. The molecule has 0 spiro atoms. The maximum atomic E-state index is 10.9. The zero-order chi connectivity index (χ0) is 15.9. The number of aromatic carboxylic acids is 1. The number of aliphatic hydroxyl groups excluding tert-OH is 1. The van der Waals surface area contributed by atoms with Crippen molar-refractivity contribution in [3.05, 3.63) is 52.0 Å². The third-order valence-corrected chi connectivity index (χ3v) is 4.44. The van der Waals surface area contributed by atoms with Gasteiger partial charge in [-0.15, -0.1) is 11.3 Å². The lowest BCUT2D eigenvalue weighted by Gasteiger charge is -2.24. The Labute approximate surface area is 133 Å². The monoisotopic (exact) mass is 320 g/mol. The highest BCUT2D eigenvalue weighted by Gasteiger charge is 2.17. The molecule has 1 aromatic carbocycles. The third kappa shape index (κ3) is 4.62. The van der Waals surface area contributed by atoms with E-state index in [0.29, 0.717) is 6.54 Å². The maximum Gasteiger partial charge on any atom is 0.355 e. The molecule has 1 unspecified atom stereocenters. The van der Waals surface area contributed by atoms with Gasteiger partial charge in [0.05, 0.1) is 11.6 Å². The Kier molecular flexibility index (Phi) is 6.06. The van der Waals surface area contributed by atoms with Crippen molar-refractivity contribution in [2.75, 3.05) is 19.7 Å². The van der Waals surface area contributed by atoms with Crippen LogP contribution in [0.5, 0.6) is 0 Å². The number of hydrogen-bond donors (Lipinski definition) is 2. The van der Waals surface area contributed by atoms with Crippen LogP contribution in [-0.2, 0) is 6.54 Å². The van der Waals surface area contributed by atoms with Crippen LogP contribution in [0.1, 0.15) is 33.9 Å². The molecule has 1 heterocycles. The first-order valence-electron chi connectivity index (χ1n) is 7.16. The molecule has 0 fully saturated rings. The van der Waals surface area contributed by atoms with Gasteiger partial charge in [-0.25, -0.2) is 9.78 Å². The Balaban J connectivity index is 2.01. The number of hydrogen-bond acceptors (Lipinski definition) is 5. The Morgan fingerprint density at radius 2 is 2.09 bits per heavy atom. The van der Waals surface area contributed by atoms with E-state index in [1.807, 2.05) is 25.1 Å². The van der Waals surface area contributed by atoms with Gasteiger partial charge in [0.2, 0.25) is 0 Å². The molecule has 2 aromatic rings. The summed E-state index contributed by atoms with van der Waals surface area (Å²) in [5.41, 5.74) is 1.29. The van der Waals surface area contributed by atoms with Gasteiger partial charge in [-0.1, -0.05) is 37.3 Å². The Morgan fingerprint density at radius 3 is 2.68 bits per heavy atom. The number of carbonyl (C=O) groups is 1. The van der Waals surface area contributed by atoms with Crippen LogP contribution in [0.15, 0.2) is 35.7 Å². The number of rotatable bonds is 8. The van der Waals surface area contributed by atoms with Crippen LogP contribution >= 0.6 is 11.3 Å². The van der Waals surface area contributed by atoms with Crippen molar-refractivity contribution in [3.8, 4) is 0 Å². The Morgan fingerprint density at radius 1 is 1.36 bits per heavy atom. The fourth-order valence-electron chi connectivity index (χ4n) is 2.30. The Bertz CT molecular complexity index is 600. The molecular formula is C16H20N2O3S. The molecule has 0 saturated heterocycles. The van der Waals surface area contributed by atoms with Gasteiger partial charge in [0.1, 0.15) is 0 Å². The van der Waals surface area contributed by atoms with Crippen molar-refractivity contribution < 1.29 is 15.0 Å². The molecule has 22 heavy (non-hydrogen) atoms. The van der Waals surface area contributed by atoms with Gasteiger partial charge in [0.25, 0.3) is 0 Å². The van der Waals surface area contributed by atoms with Gasteiger partial charge in [-0.2, -0.15) is 0 Å². The predicted molar refractivity (Wildman–Crippen MR) is 86.3 cm³/mol. The summed E-state index contributed by atoms with van der Waals surface area (Å²) in [6.07, 6.45) is 0. The first-order chi connectivity index (χ1) is 10.6. The van der Waals surface area contributed by atoms with Crippen molar-refractivity contribution in [2.45, 2.75) is 19.4 Å². The quantitative estimate of drug-likeness (QED) is 0.781. The number of thiazole rings is 1. The third-order valence-electron chi connectivity index (χ3n) is 3.36. The van der Waals surface area contributed by atoms with E-state index in [1.165, 1.54) is 16.9 Å². The molecule has 2 N–H and O–H groups in total. The standard InChI is InChI=1S/C16H20N2O3S/c1-12(15-17-14(11-22-15)16(20)21)9-18(7-8-19)10-13-5-3-2-4-6-13/h2-6,11-12,19H,7-10H2,1H3,(H,20,21). The number of carboxylic acid groups (broad SMARTS) is 1. The largest absolute Gasteiger partial charge is 0.476 e. The van der Waals surface area contributed by atoms with Crippen LogP contribution < -0.4 is 0 Å². The van der Waals surface area contributed by atoms with Crippen molar-refractivity contribution in [1.29, 1.82) is 0 Å². The van der Waals surface area contributed by atoms with Crippen LogP contribution in [0, 0.1) is 0 Å². The maximum absolute atomic E-state index is 10.9. The molecule has 0 bridgehead atoms. The molecule has 0 aliphatic rings. The molecule has 6 heteroatoms. The van der Waals surface area contributed by atoms with Crippen molar-refractivity contribution in [3.63, 3.8) is 0 Å². The smallest absolute Gasteiger partial charge is 0.355 e. The summed E-state index contributed by atoms with van der Waals surface area (Å²) in [6, 6.07) is 10.1. The highest BCUT2D eigenvalue weighted by Crippen LogP contribution is 2.22. The molecular weight excluding hydrogens is 300 g/mol. The van der Waals surface area contributed by atoms with Gasteiger partial charge < -0.3 is 10.2 Å². The lowest BCUT2D eigenvalue weighted by atomic mass is 10.1. The second-order valence-electron chi connectivity index (χ2n) is 5.22. The predicted octanol–water partition coefficient (Wildman–Crippen LogP) is 2.44. The van der Waals surface area contributed by atoms with Gasteiger partial charge in [-0.3, -0.25) is 4.90 Å². The first-order valence-corrected chi connectivity index (χ1v) is 8.04. The van der Waals surface area contributed by atoms with Gasteiger partial charge in [0, 0.05) is 30.9 Å². The van der Waals surface area contributed by atoms with E-state index >= 15 is 0 Å². The van der Waals surface area contributed by atoms with Gasteiger partial charge in [-0.05, 0) is 5.56 Å². The lowest BCUT2D eigenvalue weighted by Crippen LogP contribution is -2.30. The number of carboxylic acids is 1. The van der Waals surface area contributed by atoms with E-state index in [9.17, 15) is 9.90 Å². The molecule has 2 rings (SSSR count). The summed E-state index contributed by atoms with van der Waals surface area (Å²) in [5.74, 6) is -0.875. The molecule has 0 aliphatic carbocycles. The fourth-order valence-corrected chi connectivity index (χ4v) is 3.14. The van der Waals surface area contributed by atoms with Crippen molar-refractivity contribution in [2.24, 2.45) is 0 Å². The molecule has 1 aromatic heterocycles. The van der Waals surface area contributed by atoms with E-state index in [-0.39, 0.29) is 18.2 Å². The fraction of sp³-hybridized carbons (Fsp3) is 0.375. The van der Waals surface area contributed by atoms with Crippen LogP contribution in [0.4, 0.5) is 0 Å². The van der Waals surface area contributed by atoms with Crippen LogP contribution in [0.25, 0.3) is 0 Å². The molecule has 0 amide bonds. The van der Waals surface area contributed by atoms with Crippen molar-refractivity contribution in [1.82, 2.24) is 9.88 Å². The average Bonchev–Trinajstić information content (AvgIpc) is 2.98. The van der Waals surface area contributed by atoms with Crippen LogP contribution in [-0.4, -0.2) is 45.8 Å². The number of nitrogens with zero attached hydrogens (tertiary/aromatic N) is 2. The highest BCUT2D eigenvalue weighted by molar-refractivity contribution is 7.09. The minimum atomic E-state index is -0.994. The zero-order valence-electron chi connectivity index (χ0n) is 12.5. The summed E-state index contributed by atoms with van der Waals surface area (Å²) in [4.78, 5) is 17.2. The van der Waals surface area contributed by atoms with Crippen molar-refractivity contribution >= 4 is 17.3 Å². The lowest BCUT2D eigenvalue weighted by molar-refractivity contribution is 0.0691. The number of aliphatic hydroxyl groups is 1. The second kappa shape index (κ2) is 8.03. The van der Waals surface area contributed by atoms with E-state index in [1.54, 1.807) is 5.38 Å². The summed E-state index contributed by atoms with van der Waals surface area (Å²) in [6.45, 7) is 4.18. The van der Waals surface area contributed by atoms with Crippen LogP contribution in [0.3, 0.4) is 0 Å². The number of aromatic nitrogens is 1. The molecule has 1 atom stereocenters. The highest BCUT2D eigenvalue weighted by atomic mass is 32.1. The number of benzene rings is 1. The van der Waals surface area contributed by atoms with Gasteiger partial charge >= 0.3 is 5.97 Å². The molecule has 5 nitrogen and oxygen atoms in total. The minimum absolute atomic E-state index is 0.0950. The van der Waals surface area contributed by atoms with E-state index in [0.717, 1.165) is 18.1 Å². The van der Waals surface area contributed by atoms with Gasteiger partial charge in [0.15, 0.2) is 5.69 Å².